The summed E-state index contributed by atoms with van der Waals surface area (Å²) in [5.41, 5.74) is 0.712. The molecule has 0 aromatic heterocycles. The fourth-order valence-corrected chi connectivity index (χ4v) is 13.7. The number of carbonyl (C=O) groups is 1. The van der Waals surface area contributed by atoms with Crippen LogP contribution in [0.1, 0.15) is 87.9 Å². The Kier molecular flexibility index (Phi) is 9.14. The molecule has 3 aromatic carbocycles. The van der Waals surface area contributed by atoms with Crippen LogP contribution in [0.25, 0.3) is 0 Å². The molecule has 0 radical (unpaired) electrons. The highest BCUT2D eigenvalue weighted by atomic mass is 28.4. The molecular weight excluding hydrogens is 578 g/mol. The average molecular weight is 626 g/mol. The van der Waals surface area contributed by atoms with Gasteiger partial charge < -0.3 is 14.5 Å². The van der Waals surface area contributed by atoms with E-state index in [0.717, 1.165) is 60.1 Å². The highest BCUT2D eigenvalue weighted by molar-refractivity contribution is 6.98. The van der Waals surface area contributed by atoms with Gasteiger partial charge in [0.2, 0.25) is 0 Å². The summed E-state index contributed by atoms with van der Waals surface area (Å²) in [4.78, 5) is 13.2. The molecule has 5 fully saturated rings. The van der Waals surface area contributed by atoms with Crippen molar-refractivity contribution in [2.45, 2.75) is 102 Å². The third-order valence-electron chi connectivity index (χ3n) is 11.3. The van der Waals surface area contributed by atoms with Crippen molar-refractivity contribution >= 4 is 24.6 Å². The van der Waals surface area contributed by atoms with E-state index in [2.05, 4.69) is 29.6 Å². The zero-order valence-electron chi connectivity index (χ0n) is 26.6. The van der Waals surface area contributed by atoms with Gasteiger partial charge >= 0.3 is 0 Å². The van der Waals surface area contributed by atoms with Crippen LogP contribution >= 0.6 is 0 Å². The molecule has 1 amide bonds. The van der Waals surface area contributed by atoms with E-state index in [4.69, 9.17) is 9.16 Å². The molecule has 1 N–H and O–H groups in total. The monoisotopic (exact) mass is 625 g/mol. The number of hydrogen-bond donors (Lipinski definition) is 1. The normalized spacial score (nSPS) is 29.7. The predicted molar refractivity (Wildman–Crippen MR) is 180 cm³/mol. The fraction of sp³-hybridized carbons (Fsp3) is 0.513. The standard InChI is InChI=1S/C39H48FNO3Si/c1-2-9-37(40)45(35-10-5-3-6-11-35,36-12-7-4-8-13-36)44-34-20-18-33(19-21-34)43-32-16-14-29(15-17-32)39(42)41-38-30-23-27-22-28(25-30)26-31(38)24-27/h3-8,10-17,27-28,30-31,33-34,37-38H,2,9,18-26H2,1H3,(H,41,42). The Balaban J connectivity index is 0.972. The summed E-state index contributed by atoms with van der Waals surface area (Å²) >= 11 is 0. The molecule has 0 heterocycles. The van der Waals surface area contributed by atoms with Crippen LogP contribution in [0.4, 0.5) is 4.39 Å². The highest BCUT2D eigenvalue weighted by Crippen LogP contribution is 2.53. The first-order valence-corrected chi connectivity index (χ1v) is 19.5. The number of amides is 1. The molecule has 6 heteroatoms. The SMILES string of the molecule is CCCC(F)[Si](OC1CCC(Oc2ccc(C(=O)NC3C4CC5CC(C4)CC3C5)cc2)CC1)(c1ccccc1)c1ccccc1. The minimum absolute atomic E-state index is 0.0108. The number of nitrogens with one attached hydrogen (secondary N) is 1. The van der Waals surface area contributed by atoms with Crippen LogP contribution in [0.5, 0.6) is 5.75 Å². The number of rotatable bonds is 11. The minimum atomic E-state index is -3.14. The minimum Gasteiger partial charge on any atom is -0.490 e. The number of hydrogen-bond acceptors (Lipinski definition) is 3. The Bertz CT molecular complexity index is 1340. The van der Waals surface area contributed by atoms with Gasteiger partial charge in [0.05, 0.1) is 6.10 Å². The maximum Gasteiger partial charge on any atom is 0.290 e. The van der Waals surface area contributed by atoms with Gasteiger partial charge in [-0.05, 0) is 123 Å². The van der Waals surface area contributed by atoms with Crippen molar-refractivity contribution in [2.75, 3.05) is 0 Å². The summed E-state index contributed by atoms with van der Waals surface area (Å²) in [5.74, 6) is 2.96. The van der Waals surface area contributed by atoms with Crippen LogP contribution in [0, 0.1) is 23.7 Å². The Morgan fingerprint density at radius 3 is 1.84 bits per heavy atom. The Hall–Kier alpha value is -2.96. The van der Waals surface area contributed by atoms with Crippen LogP contribution < -0.4 is 20.4 Å². The van der Waals surface area contributed by atoms with Crippen LogP contribution in [-0.2, 0) is 4.43 Å². The molecule has 0 spiro atoms. The highest BCUT2D eigenvalue weighted by Gasteiger charge is 2.50. The largest absolute Gasteiger partial charge is 0.490 e. The second-order valence-electron chi connectivity index (χ2n) is 14.3. The summed E-state index contributed by atoms with van der Waals surface area (Å²) in [5, 5.41) is 5.43. The van der Waals surface area contributed by atoms with Crippen molar-refractivity contribution in [3.05, 3.63) is 90.5 Å². The third-order valence-corrected chi connectivity index (χ3v) is 15.6. The van der Waals surface area contributed by atoms with Crippen molar-refractivity contribution in [1.82, 2.24) is 5.32 Å². The molecule has 0 saturated heterocycles. The number of alkyl halides is 1. The Morgan fingerprint density at radius 2 is 1.31 bits per heavy atom. The van der Waals surface area contributed by atoms with Crippen molar-refractivity contribution in [2.24, 2.45) is 23.7 Å². The van der Waals surface area contributed by atoms with E-state index >= 15 is 4.39 Å². The number of halogens is 1. The van der Waals surface area contributed by atoms with E-state index in [1.807, 2.05) is 67.6 Å². The molecule has 4 bridgehead atoms. The summed E-state index contributed by atoms with van der Waals surface area (Å²) in [7, 11) is -3.14. The van der Waals surface area contributed by atoms with Crippen LogP contribution in [-0.4, -0.2) is 38.3 Å². The molecule has 45 heavy (non-hydrogen) atoms. The van der Waals surface area contributed by atoms with E-state index < -0.39 is 14.1 Å². The molecule has 238 valence electrons. The zero-order valence-corrected chi connectivity index (χ0v) is 27.6. The van der Waals surface area contributed by atoms with Crippen LogP contribution in [0.15, 0.2) is 84.9 Å². The lowest BCUT2D eigenvalue weighted by Gasteiger charge is -2.54. The third kappa shape index (κ3) is 6.38. The Morgan fingerprint density at radius 1 is 0.778 bits per heavy atom. The maximum absolute atomic E-state index is 16.4. The first-order chi connectivity index (χ1) is 22.0. The van der Waals surface area contributed by atoms with Crippen molar-refractivity contribution in [3.8, 4) is 5.75 Å². The fourth-order valence-electron chi connectivity index (χ4n) is 9.37. The lowest BCUT2D eigenvalue weighted by molar-refractivity contribution is -0.0119. The smallest absolute Gasteiger partial charge is 0.290 e. The first kappa shape index (κ1) is 30.7. The second kappa shape index (κ2) is 13.4. The molecule has 5 saturated carbocycles. The topological polar surface area (TPSA) is 47.6 Å². The summed E-state index contributed by atoms with van der Waals surface area (Å²) < 4.78 is 29.9. The maximum atomic E-state index is 16.4. The molecule has 3 aromatic rings. The molecule has 1 unspecified atom stereocenters. The van der Waals surface area contributed by atoms with E-state index in [-0.39, 0.29) is 18.1 Å². The summed E-state index contributed by atoms with van der Waals surface area (Å²) in [6, 6.07) is 28.3. The molecule has 0 aliphatic heterocycles. The van der Waals surface area contributed by atoms with Crippen molar-refractivity contribution in [1.29, 1.82) is 0 Å². The van der Waals surface area contributed by atoms with Crippen molar-refractivity contribution in [3.63, 3.8) is 0 Å². The van der Waals surface area contributed by atoms with E-state index in [9.17, 15) is 4.79 Å². The van der Waals surface area contributed by atoms with Crippen molar-refractivity contribution < 1.29 is 18.3 Å². The predicted octanol–water partition coefficient (Wildman–Crippen LogP) is 7.39. The first-order valence-electron chi connectivity index (χ1n) is 17.5. The summed E-state index contributed by atoms with van der Waals surface area (Å²) in [6.07, 6.45) is 11.4. The number of benzene rings is 3. The Labute approximate surface area is 269 Å². The lowest BCUT2D eigenvalue weighted by Crippen LogP contribution is -2.69. The molecular formula is C39H48FNO3Si. The molecule has 8 rings (SSSR count). The van der Waals surface area contributed by atoms with E-state index in [1.165, 1.54) is 32.1 Å². The van der Waals surface area contributed by atoms with Gasteiger partial charge in [-0.25, -0.2) is 4.39 Å². The van der Waals surface area contributed by atoms with Crippen LogP contribution in [0.2, 0.25) is 0 Å². The van der Waals surface area contributed by atoms with Gasteiger partial charge in [-0.2, -0.15) is 0 Å². The van der Waals surface area contributed by atoms with Gasteiger partial charge in [0.25, 0.3) is 14.2 Å². The lowest BCUT2D eigenvalue weighted by atomic mass is 9.54. The van der Waals surface area contributed by atoms with E-state index in [1.54, 1.807) is 0 Å². The molecule has 5 aliphatic rings. The molecule has 5 aliphatic carbocycles. The number of ether oxygens (including phenoxy) is 1. The molecule has 1 atom stereocenters. The molecule has 4 nitrogen and oxygen atoms in total. The van der Waals surface area contributed by atoms with Gasteiger partial charge in [-0.1, -0.05) is 74.0 Å². The van der Waals surface area contributed by atoms with Crippen LogP contribution in [0.3, 0.4) is 0 Å². The van der Waals surface area contributed by atoms with Gasteiger partial charge in [-0.15, -0.1) is 0 Å². The zero-order chi connectivity index (χ0) is 30.8. The number of carbonyl (C=O) groups excluding carboxylic acids is 1. The van der Waals surface area contributed by atoms with Gasteiger partial charge in [0, 0.05) is 17.7 Å². The van der Waals surface area contributed by atoms with Gasteiger partial charge in [0.1, 0.15) is 11.5 Å². The summed E-state index contributed by atoms with van der Waals surface area (Å²) in [6.45, 7) is 2.05. The van der Waals surface area contributed by atoms with Gasteiger partial charge in [0.15, 0.2) is 0 Å². The van der Waals surface area contributed by atoms with E-state index in [0.29, 0.717) is 29.9 Å². The van der Waals surface area contributed by atoms with Gasteiger partial charge in [-0.3, -0.25) is 4.79 Å². The second-order valence-corrected chi connectivity index (χ2v) is 17.8. The average Bonchev–Trinajstić information content (AvgIpc) is 3.07. The quantitative estimate of drug-likeness (QED) is 0.226.